The molecule has 0 amide bonds. The average Bonchev–Trinajstić information content (AvgIpc) is 3.00. The molecule has 0 aliphatic heterocycles. The maximum Gasteiger partial charge on any atom is 0.433 e. The van der Waals surface area contributed by atoms with E-state index in [4.69, 9.17) is 14.3 Å². The highest BCUT2D eigenvalue weighted by Gasteiger charge is 2.34. The van der Waals surface area contributed by atoms with Crippen LogP contribution < -0.4 is 5.32 Å². The number of anilines is 1. The number of furan rings is 1. The van der Waals surface area contributed by atoms with Gasteiger partial charge in [0.2, 0.25) is 5.95 Å². The Bertz CT molecular complexity index is 588. The Morgan fingerprint density at radius 3 is 2.73 bits per heavy atom. The van der Waals surface area contributed by atoms with Gasteiger partial charge in [-0.15, -0.1) is 0 Å². The largest absolute Gasteiger partial charge is 0.463 e. The van der Waals surface area contributed by atoms with E-state index in [9.17, 15) is 13.2 Å². The minimum Gasteiger partial charge on any atom is -0.463 e. The molecule has 0 fully saturated rings. The molecule has 2 N–H and O–H groups in total. The lowest BCUT2D eigenvalue weighted by atomic mass is 10.2. The first kappa shape index (κ1) is 16.2. The summed E-state index contributed by atoms with van der Waals surface area (Å²) in [6.07, 6.45) is -3.24. The maximum atomic E-state index is 12.9. The third kappa shape index (κ3) is 4.43. The predicted molar refractivity (Wildman–Crippen MR) is 71.1 cm³/mol. The first-order valence-corrected chi connectivity index (χ1v) is 6.43. The molecular weight excluding hydrogens is 303 g/mol. The van der Waals surface area contributed by atoms with Gasteiger partial charge < -0.3 is 19.6 Å². The fourth-order valence-corrected chi connectivity index (χ4v) is 1.62. The molecular formula is C13H14F3N3O3. The van der Waals surface area contributed by atoms with Crippen LogP contribution in [-0.4, -0.2) is 41.4 Å². The first-order valence-electron chi connectivity index (χ1n) is 6.43. The Balaban J connectivity index is 2.16. The van der Waals surface area contributed by atoms with Crippen molar-refractivity contribution in [3.63, 3.8) is 0 Å². The molecule has 2 aromatic heterocycles. The highest BCUT2D eigenvalue weighted by molar-refractivity contribution is 5.54. The first-order chi connectivity index (χ1) is 10.5. The zero-order valence-corrected chi connectivity index (χ0v) is 11.4. The summed E-state index contributed by atoms with van der Waals surface area (Å²) in [5, 5.41) is 11.2. The Morgan fingerprint density at radius 1 is 1.27 bits per heavy atom. The zero-order valence-electron chi connectivity index (χ0n) is 11.4. The van der Waals surface area contributed by atoms with Crippen molar-refractivity contribution in [2.24, 2.45) is 0 Å². The second-order valence-corrected chi connectivity index (χ2v) is 4.20. The van der Waals surface area contributed by atoms with Crippen LogP contribution in [0.3, 0.4) is 0 Å². The van der Waals surface area contributed by atoms with E-state index in [-0.39, 0.29) is 43.8 Å². The molecule has 120 valence electrons. The van der Waals surface area contributed by atoms with E-state index in [2.05, 4.69) is 15.3 Å². The van der Waals surface area contributed by atoms with Crippen molar-refractivity contribution < 1.29 is 27.4 Å². The molecule has 0 saturated heterocycles. The van der Waals surface area contributed by atoms with Crippen molar-refractivity contribution in [2.75, 3.05) is 31.7 Å². The summed E-state index contributed by atoms with van der Waals surface area (Å²) >= 11 is 0. The van der Waals surface area contributed by atoms with Gasteiger partial charge in [0.15, 0.2) is 11.5 Å². The lowest BCUT2D eigenvalue weighted by Crippen LogP contribution is -2.16. The number of nitrogens with zero attached hydrogens (tertiary/aromatic N) is 2. The van der Waals surface area contributed by atoms with E-state index >= 15 is 0 Å². The molecule has 0 radical (unpaired) electrons. The quantitative estimate of drug-likeness (QED) is 0.762. The number of ether oxygens (including phenoxy) is 1. The molecule has 9 heteroatoms. The van der Waals surface area contributed by atoms with Crippen LogP contribution in [0.2, 0.25) is 0 Å². The Morgan fingerprint density at radius 2 is 2.09 bits per heavy atom. The molecule has 0 aliphatic rings. The maximum absolute atomic E-state index is 12.9. The van der Waals surface area contributed by atoms with Gasteiger partial charge in [0, 0.05) is 6.54 Å². The summed E-state index contributed by atoms with van der Waals surface area (Å²) < 4.78 is 48.7. The van der Waals surface area contributed by atoms with Crippen LogP contribution in [0.1, 0.15) is 5.69 Å². The number of rotatable bonds is 7. The molecule has 0 saturated carbocycles. The van der Waals surface area contributed by atoms with Gasteiger partial charge in [-0.3, -0.25) is 0 Å². The summed E-state index contributed by atoms with van der Waals surface area (Å²) in [7, 11) is 0. The number of hydrogen-bond donors (Lipinski definition) is 2. The van der Waals surface area contributed by atoms with Crippen molar-refractivity contribution in [1.82, 2.24) is 9.97 Å². The third-order valence-electron chi connectivity index (χ3n) is 2.56. The van der Waals surface area contributed by atoms with E-state index in [1.54, 1.807) is 6.07 Å². The average molecular weight is 317 g/mol. The van der Waals surface area contributed by atoms with E-state index in [1.807, 2.05) is 0 Å². The van der Waals surface area contributed by atoms with Crippen molar-refractivity contribution in [1.29, 1.82) is 0 Å². The highest BCUT2D eigenvalue weighted by atomic mass is 19.4. The van der Waals surface area contributed by atoms with E-state index in [1.165, 1.54) is 12.3 Å². The van der Waals surface area contributed by atoms with Crippen molar-refractivity contribution in [3.05, 3.63) is 30.2 Å². The summed E-state index contributed by atoms with van der Waals surface area (Å²) in [5.74, 6) is 0.0429. The number of aliphatic hydroxyl groups excluding tert-OH is 1. The molecule has 0 unspecified atom stereocenters. The van der Waals surface area contributed by atoms with Gasteiger partial charge in [0.25, 0.3) is 0 Å². The van der Waals surface area contributed by atoms with Crippen molar-refractivity contribution in [3.8, 4) is 11.5 Å². The molecule has 2 aromatic rings. The monoisotopic (exact) mass is 317 g/mol. The van der Waals surface area contributed by atoms with Gasteiger partial charge in [0.1, 0.15) is 5.69 Å². The van der Waals surface area contributed by atoms with Crippen LogP contribution in [-0.2, 0) is 10.9 Å². The van der Waals surface area contributed by atoms with Crippen LogP contribution in [0.5, 0.6) is 0 Å². The molecule has 0 bridgehead atoms. The van der Waals surface area contributed by atoms with E-state index < -0.39 is 11.9 Å². The minimum absolute atomic E-state index is 0.0334. The van der Waals surface area contributed by atoms with Gasteiger partial charge in [-0.25, -0.2) is 9.97 Å². The van der Waals surface area contributed by atoms with Gasteiger partial charge in [0.05, 0.1) is 26.1 Å². The van der Waals surface area contributed by atoms with Gasteiger partial charge >= 0.3 is 6.18 Å². The van der Waals surface area contributed by atoms with Gasteiger partial charge in [-0.2, -0.15) is 13.2 Å². The predicted octanol–water partition coefficient (Wildman–Crippen LogP) is 2.18. The lowest BCUT2D eigenvalue weighted by Gasteiger charge is -2.11. The molecule has 0 atom stereocenters. The molecule has 6 nitrogen and oxygen atoms in total. The molecule has 22 heavy (non-hydrogen) atoms. The van der Waals surface area contributed by atoms with E-state index in [0.717, 1.165) is 6.07 Å². The van der Waals surface area contributed by atoms with Crippen LogP contribution in [0.4, 0.5) is 19.1 Å². The Hall–Kier alpha value is -2.13. The smallest absolute Gasteiger partial charge is 0.433 e. The summed E-state index contributed by atoms with van der Waals surface area (Å²) in [4.78, 5) is 7.42. The van der Waals surface area contributed by atoms with Crippen molar-refractivity contribution >= 4 is 5.95 Å². The molecule has 2 rings (SSSR count). The minimum atomic E-state index is -4.59. The highest BCUT2D eigenvalue weighted by Crippen LogP contribution is 2.31. The Kier molecular flexibility index (Phi) is 5.34. The summed E-state index contributed by atoms with van der Waals surface area (Å²) in [6, 6.07) is 3.89. The molecule has 0 aliphatic carbocycles. The molecule has 0 aromatic carbocycles. The number of alkyl halides is 3. The van der Waals surface area contributed by atoms with Crippen LogP contribution in [0.15, 0.2) is 28.9 Å². The molecule has 2 heterocycles. The van der Waals surface area contributed by atoms with Gasteiger partial charge in [-0.05, 0) is 18.2 Å². The second-order valence-electron chi connectivity index (χ2n) is 4.20. The number of halogens is 3. The number of hydrogen-bond acceptors (Lipinski definition) is 6. The van der Waals surface area contributed by atoms with Crippen LogP contribution in [0, 0.1) is 0 Å². The fraction of sp³-hybridized carbons (Fsp3) is 0.385. The van der Waals surface area contributed by atoms with Crippen LogP contribution in [0.25, 0.3) is 11.5 Å². The molecule has 0 spiro atoms. The summed E-state index contributed by atoms with van der Waals surface area (Å²) in [5.41, 5.74) is -1.03. The number of aliphatic hydroxyl groups is 1. The van der Waals surface area contributed by atoms with Crippen LogP contribution >= 0.6 is 0 Å². The van der Waals surface area contributed by atoms with E-state index in [0.29, 0.717) is 0 Å². The normalized spacial score (nSPS) is 11.6. The SMILES string of the molecule is OCCOCCNc1nc(-c2ccco2)cc(C(F)(F)F)n1. The standard InChI is InChI=1S/C13H14F3N3O3/c14-13(15,16)11-8-9(10-2-1-5-22-10)18-12(19-11)17-3-6-21-7-4-20/h1-2,5,8,20H,3-4,6-7H2,(H,17,18,19). The Labute approximate surface area is 124 Å². The fourth-order valence-electron chi connectivity index (χ4n) is 1.62. The topological polar surface area (TPSA) is 80.4 Å². The zero-order chi connectivity index (χ0) is 16.0. The number of aromatic nitrogens is 2. The van der Waals surface area contributed by atoms with Gasteiger partial charge in [-0.1, -0.05) is 0 Å². The number of nitrogens with one attached hydrogen (secondary N) is 1. The second kappa shape index (κ2) is 7.23. The van der Waals surface area contributed by atoms with Crippen molar-refractivity contribution in [2.45, 2.75) is 6.18 Å². The lowest BCUT2D eigenvalue weighted by molar-refractivity contribution is -0.141. The third-order valence-corrected chi connectivity index (χ3v) is 2.56. The summed E-state index contributed by atoms with van der Waals surface area (Å²) in [6.45, 7) is 0.445.